The van der Waals surface area contributed by atoms with Gasteiger partial charge in [0.15, 0.2) is 0 Å². The van der Waals surface area contributed by atoms with Crippen LogP contribution >= 0.6 is 0 Å². The highest BCUT2D eigenvalue weighted by atomic mass is 19.1. The third kappa shape index (κ3) is 3.63. The fraction of sp³-hybridized carbons (Fsp3) is 0.467. The molecule has 1 aromatic carbocycles. The molecule has 4 nitrogen and oxygen atoms in total. The van der Waals surface area contributed by atoms with Gasteiger partial charge in [0.05, 0.1) is 0 Å². The van der Waals surface area contributed by atoms with Crippen molar-refractivity contribution in [3.8, 4) is 0 Å². The molecule has 0 fully saturated rings. The van der Waals surface area contributed by atoms with Crippen LogP contribution in [0.3, 0.4) is 0 Å². The predicted octanol–water partition coefficient (Wildman–Crippen LogP) is 2.28. The molecule has 0 amide bonds. The van der Waals surface area contributed by atoms with Crippen molar-refractivity contribution in [2.75, 3.05) is 6.54 Å². The molecule has 0 saturated carbocycles. The fourth-order valence-electron chi connectivity index (χ4n) is 2.20. The lowest BCUT2D eigenvalue weighted by Gasteiger charge is -2.20. The molecule has 1 unspecified atom stereocenters. The minimum Gasteiger partial charge on any atom is -0.314 e. The van der Waals surface area contributed by atoms with Crippen molar-refractivity contribution in [1.82, 2.24) is 20.1 Å². The summed E-state index contributed by atoms with van der Waals surface area (Å²) in [7, 11) is 1.86. The molecule has 1 heterocycles. The van der Waals surface area contributed by atoms with Gasteiger partial charge in [0.1, 0.15) is 18.0 Å². The molecule has 2 aromatic rings. The normalized spacial score (nSPS) is 12.8. The minimum atomic E-state index is -0.162. The SMILES string of the molecule is CC(C)NCC(Cc1ncnn1C)c1ccccc1F. The Balaban J connectivity index is 2.21. The zero-order chi connectivity index (χ0) is 14.5. The molecule has 0 saturated heterocycles. The van der Waals surface area contributed by atoms with E-state index in [2.05, 4.69) is 29.2 Å². The summed E-state index contributed by atoms with van der Waals surface area (Å²) >= 11 is 0. The summed E-state index contributed by atoms with van der Waals surface area (Å²) in [5.74, 6) is 0.746. The van der Waals surface area contributed by atoms with Crippen molar-refractivity contribution < 1.29 is 4.39 Å². The van der Waals surface area contributed by atoms with Crippen LogP contribution in [0.25, 0.3) is 0 Å². The van der Waals surface area contributed by atoms with Crippen molar-refractivity contribution in [2.24, 2.45) is 7.05 Å². The highest BCUT2D eigenvalue weighted by Crippen LogP contribution is 2.22. The van der Waals surface area contributed by atoms with E-state index in [0.29, 0.717) is 19.0 Å². The maximum Gasteiger partial charge on any atom is 0.138 e. The first-order chi connectivity index (χ1) is 9.58. The van der Waals surface area contributed by atoms with Gasteiger partial charge in [0.25, 0.3) is 0 Å². The lowest BCUT2D eigenvalue weighted by molar-refractivity contribution is 0.493. The van der Waals surface area contributed by atoms with Crippen molar-refractivity contribution >= 4 is 0 Å². The fourth-order valence-corrected chi connectivity index (χ4v) is 2.20. The molecule has 5 heteroatoms. The van der Waals surface area contributed by atoms with E-state index in [9.17, 15) is 4.39 Å². The molecular formula is C15H21FN4. The Morgan fingerprint density at radius 1 is 1.30 bits per heavy atom. The zero-order valence-electron chi connectivity index (χ0n) is 12.2. The van der Waals surface area contributed by atoms with Gasteiger partial charge in [-0.25, -0.2) is 9.37 Å². The van der Waals surface area contributed by atoms with E-state index < -0.39 is 0 Å². The van der Waals surface area contributed by atoms with Crippen molar-refractivity contribution in [1.29, 1.82) is 0 Å². The minimum absolute atomic E-state index is 0.0431. The number of aromatic nitrogens is 3. The number of aryl methyl sites for hydroxylation is 1. The van der Waals surface area contributed by atoms with Crippen LogP contribution in [0.1, 0.15) is 31.2 Å². The predicted molar refractivity (Wildman–Crippen MR) is 77.0 cm³/mol. The Bertz CT molecular complexity index is 550. The zero-order valence-corrected chi connectivity index (χ0v) is 12.2. The van der Waals surface area contributed by atoms with Gasteiger partial charge >= 0.3 is 0 Å². The number of hydrogen-bond acceptors (Lipinski definition) is 3. The van der Waals surface area contributed by atoms with E-state index in [4.69, 9.17) is 0 Å². The van der Waals surface area contributed by atoms with Crippen LogP contribution in [0.2, 0.25) is 0 Å². The van der Waals surface area contributed by atoms with Gasteiger partial charge in [-0.3, -0.25) is 4.68 Å². The molecule has 0 bridgehead atoms. The molecule has 1 aromatic heterocycles. The van der Waals surface area contributed by atoms with Gasteiger partial charge in [-0.1, -0.05) is 32.0 Å². The lowest BCUT2D eigenvalue weighted by Crippen LogP contribution is -2.29. The standard InChI is InChI=1S/C15H21FN4/c1-11(2)17-9-12(8-15-18-10-19-20(15)3)13-6-4-5-7-14(13)16/h4-7,10-12,17H,8-9H2,1-3H3. The first-order valence-corrected chi connectivity index (χ1v) is 6.88. The summed E-state index contributed by atoms with van der Waals surface area (Å²) in [6.45, 7) is 4.88. The van der Waals surface area contributed by atoms with Crippen molar-refractivity contribution in [3.63, 3.8) is 0 Å². The second kappa shape index (κ2) is 6.61. The topological polar surface area (TPSA) is 42.7 Å². The second-order valence-corrected chi connectivity index (χ2v) is 5.29. The number of nitrogens with zero attached hydrogens (tertiary/aromatic N) is 3. The van der Waals surface area contributed by atoms with Crippen LogP contribution in [0, 0.1) is 5.82 Å². The van der Waals surface area contributed by atoms with Gasteiger partial charge < -0.3 is 5.32 Å². The van der Waals surface area contributed by atoms with Crippen LogP contribution in [0.4, 0.5) is 4.39 Å². The Kier molecular flexibility index (Phi) is 4.84. The summed E-state index contributed by atoms with van der Waals surface area (Å²) in [5, 5.41) is 7.45. The van der Waals surface area contributed by atoms with Crippen LogP contribution in [0.5, 0.6) is 0 Å². The first-order valence-electron chi connectivity index (χ1n) is 6.88. The third-order valence-corrected chi connectivity index (χ3v) is 3.35. The van der Waals surface area contributed by atoms with E-state index in [1.165, 1.54) is 12.4 Å². The summed E-state index contributed by atoms with van der Waals surface area (Å²) in [5.41, 5.74) is 0.726. The molecule has 0 radical (unpaired) electrons. The molecule has 0 spiro atoms. The monoisotopic (exact) mass is 276 g/mol. The highest BCUT2D eigenvalue weighted by molar-refractivity contribution is 5.23. The lowest BCUT2D eigenvalue weighted by atomic mass is 9.94. The smallest absolute Gasteiger partial charge is 0.138 e. The first kappa shape index (κ1) is 14.7. The van der Waals surface area contributed by atoms with E-state index in [0.717, 1.165) is 11.4 Å². The summed E-state index contributed by atoms with van der Waals surface area (Å²) < 4.78 is 15.8. The van der Waals surface area contributed by atoms with Crippen LogP contribution < -0.4 is 5.32 Å². The summed E-state index contributed by atoms with van der Waals surface area (Å²) in [6, 6.07) is 7.31. The Morgan fingerprint density at radius 3 is 2.65 bits per heavy atom. The van der Waals surface area contributed by atoms with Gasteiger partial charge in [-0.2, -0.15) is 5.10 Å². The van der Waals surface area contributed by atoms with Gasteiger partial charge in [0.2, 0.25) is 0 Å². The molecule has 1 N–H and O–H groups in total. The molecule has 2 rings (SSSR count). The number of hydrogen-bond donors (Lipinski definition) is 1. The Morgan fingerprint density at radius 2 is 2.05 bits per heavy atom. The van der Waals surface area contributed by atoms with E-state index in [-0.39, 0.29) is 11.7 Å². The van der Waals surface area contributed by atoms with E-state index in [1.807, 2.05) is 19.2 Å². The maximum atomic E-state index is 14.0. The third-order valence-electron chi connectivity index (χ3n) is 3.35. The molecule has 20 heavy (non-hydrogen) atoms. The van der Waals surface area contributed by atoms with Gasteiger partial charge in [-0.15, -0.1) is 0 Å². The number of nitrogens with one attached hydrogen (secondary N) is 1. The highest BCUT2D eigenvalue weighted by Gasteiger charge is 2.18. The second-order valence-electron chi connectivity index (χ2n) is 5.29. The molecule has 108 valence electrons. The van der Waals surface area contributed by atoms with Crippen molar-refractivity contribution in [3.05, 3.63) is 47.8 Å². The molecule has 0 aliphatic rings. The number of benzene rings is 1. The Labute approximate surface area is 119 Å². The molecule has 1 atom stereocenters. The number of rotatable bonds is 6. The Hall–Kier alpha value is -1.75. The molecular weight excluding hydrogens is 255 g/mol. The average Bonchev–Trinajstić information content (AvgIpc) is 2.81. The van der Waals surface area contributed by atoms with Crippen LogP contribution in [0.15, 0.2) is 30.6 Å². The molecule has 0 aliphatic heterocycles. The average molecular weight is 276 g/mol. The van der Waals surface area contributed by atoms with Crippen LogP contribution in [-0.4, -0.2) is 27.4 Å². The summed E-state index contributed by atoms with van der Waals surface area (Å²) in [6.07, 6.45) is 2.20. The van der Waals surface area contributed by atoms with E-state index in [1.54, 1.807) is 10.7 Å². The summed E-state index contributed by atoms with van der Waals surface area (Å²) in [4.78, 5) is 4.24. The number of halogens is 1. The largest absolute Gasteiger partial charge is 0.314 e. The van der Waals surface area contributed by atoms with Crippen LogP contribution in [-0.2, 0) is 13.5 Å². The van der Waals surface area contributed by atoms with Gasteiger partial charge in [-0.05, 0) is 11.6 Å². The van der Waals surface area contributed by atoms with E-state index >= 15 is 0 Å². The van der Waals surface area contributed by atoms with Gasteiger partial charge in [0, 0.05) is 32.0 Å². The maximum absolute atomic E-state index is 14.0. The molecule has 0 aliphatic carbocycles. The van der Waals surface area contributed by atoms with Crippen molar-refractivity contribution in [2.45, 2.75) is 32.2 Å². The quantitative estimate of drug-likeness (QED) is 0.880.